The molecule has 0 aliphatic carbocycles. The van der Waals surface area contributed by atoms with Crippen molar-refractivity contribution < 1.29 is 14.0 Å². The van der Waals surface area contributed by atoms with E-state index < -0.39 is 11.9 Å². The predicted octanol–water partition coefficient (Wildman–Crippen LogP) is 3.27. The van der Waals surface area contributed by atoms with Crippen LogP contribution in [-0.2, 0) is 10.5 Å². The fourth-order valence-electron chi connectivity index (χ4n) is 1.74. The van der Waals surface area contributed by atoms with Gasteiger partial charge in [-0.1, -0.05) is 0 Å². The van der Waals surface area contributed by atoms with Gasteiger partial charge >= 0.3 is 0 Å². The Bertz CT molecular complexity index is 643. The Hall–Kier alpha value is -1.25. The first kappa shape index (κ1) is 18.1. The van der Waals surface area contributed by atoms with Crippen molar-refractivity contribution in [3.8, 4) is 0 Å². The molecule has 2 heterocycles. The maximum atomic E-state index is 11.9. The summed E-state index contributed by atoms with van der Waals surface area (Å²) in [6.45, 7) is 2.21. The van der Waals surface area contributed by atoms with Gasteiger partial charge in [-0.3, -0.25) is 9.59 Å². The first-order valence-electron chi connectivity index (χ1n) is 7.00. The average Bonchev–Trinajstić information content (AvgIpc) is 3.18. The highest BCUT2D eigenvalue weighted by Crippen LogP contribution is 2.25. The summed E-state index contributed by atoms with van der Waals surface area (Å²) in [5.74, 6) is 1.35. The van der Waals surface area contributed by atoms with Crippen LogP contribution in [0.2, 0.25) is 0 Å². The van der Waals surface area contributed by atoms with E-state index in [9.17, 15) is 9.59 Å². The van der Waals surface area contributed by atoms with Crippen molar-refractivity contribution in [2.45, 2.75) is 18.7 Å². The molecule has 0 saturated carbocycles. The van der Waals surface area contributed by atoms with E-state index in [0.29, 0.717) is 6.54 Å². The summed E-state index contributed by atoms with van der Waals surface area (Å²) in [7, 11) is 0. The number of nitrogens with one attached hydrogen (secondary N) is 2. The summed E-state index contributed by atoms with van der Waals surface area (Å²) in [5.41, 5.74) is 0. The molecule has 2 N–H and O–H groups in total. The van der Waals surface area contributed by atoms with Gasteiger partial charge in [-0.25, -0.2) is 0 Å². The van der Waals surface area contributed by atoms with Crippen LogP contribution in [0.1, 0.15) is 22.4 Å². The zero-order chi connectivity index (χ0) is 16.7. The Morgan fingerprint density at radius 2 is 2.22 bits per heavy atom. The number of hydrogen-bond acceptors (Lipinski definition) is 5. The molecule has 0 aliphatic heterocycles. The van der Waals surface area contributed by atoms with E-state index in [1.54, 1.807) is 42.2 Å². The summed E-state index contributed by atoms with van der Waals surface area (Å²) >= 11 is 6.91. The second kappa shape index (κ2) is 9.14. The largest absolute Gasteiger partial charge is 0.459 e. The van der Waals surface area contributed by atoms with Crippen LogP contribution in [0, 0.1) is 0 Å². The molecule has 8 heteroatoms. The van der Waals surface area contributed by atoms with E-state index in [1.165, 1.54) is 11.1 Å². The highest BCUT2D eigenvalue weighted by molar-refractivity contribution is 9.11. The molecule has 0 saturated heterocycles. The van der Waals surface area contributed by atoms with Crippen LogP contribution >= 0.6 is 39.0 Å². The fourth-order valence-corrected chi connectivity index (χ4v) is 4.20. The van der Waals surface area contributed by atoms with Crippen LogP contribution in [0.4, 0.5) is 0 Å². The van der Waals surface area contributed by atoms with Crippen molar-refractivity contribution in [1.29, 1.82) is 0 Å². The molecule has 124 valence electrons. The third kappa shape index (κ3) is 6.04. The van der Waals surface area contributed by atoms with Gasteiger partial charge in [-0.2, -0.15) is 11.8 Å². The molecule has 0 aromatic carbocycles. The van der Waals surface area contributed by atoms with Gasteiger partial charge < -0.3 is 15.1 Å². The molecule has 0 spiro atoms. The third-order valence-corrected chi connectivity index (χ3v) is 5.72. The maximum Gasteiger partial charge on any atom is 0.287 e. The molecule has 2 rings (SSSR count). The molecule has 2 aromatic rings. The Labute approximate surface area is 151 Å². The summed E-state index contributed by atoms with van der Waals surface area (Å²) in [6.07, 6.45) is 1.42. The second-order valence-electron chi connectivity index (χ2n) is 4.72. The van der Waals surface area contributed by atoms with Crippen molar-refractivity contribution in [2.75, 3.05) is 12.3 Å². The van der Waals surface area contributed by atoms with Gasteiger partial charge in [0, 0.05) is 22.9 Å². The van der Waals surface area contributed by atoms with Crippen LogP contribution < -0.4 is 10.6 Å². The van der Waals surface area contributed by atoms with Crippen molar-refractivity contribution in [2.24, 2.45) is 0 Å². The number of hydrogen-bond donors (Lipinski definition) is 2. The minimum Gasteiger partial charge on any atom is -0.459 e. The van der Waals surface area contributed by atoms with Crippen molar-refractivity contribution in [1.82, 2.24) is 10.6 Å². The van der Waals surface area contributed by atoms with Crippen molar-refractivity contribution in [3.05, 3.63) is 45.0 Å². The number of furan rings is 1. The quantitative estimate of drug-likeness (QED) is 0.647. The Kier molecular flexibility index (Phi) is 7.19. The zero-order valence-corrected chi connectivity index (χ0v) is 15.7. The normalized spacial score (nSPS) is 11.9. The molecule has 0 bridgehead atoms. The lowest BCUT2D eigenvalue weighted by atomic mass is 10.3. The van der Waals surface area contributed by atoms with E-state index in [2.05, 4.69) is 32.6 Å². The van der Waals surface area contributed by atoms with Crippen molar-refractivity contribution in [3.63, 3.8) is 0 Å². The van der Waals surface area contributed by atoms with E-state index in [0.717, 1.165) is 15.3 Å². The molecule has 0 fully saturated rings. The van der Waals surface area contributed by atoms with Gasteiger partial charge in [0.2, 0.25) is 5.91 Å². The van der Waals surface area contributed by atoms with Gasteiger partial charge in [0.1, 0.15) is 6.04 Å². The highest BCUT2D eigenvalue weighted by atomic mass is 79.9. The molecule has 0 radical (unpaired) electrons. The Morgan fingerprint density at radius 1 is 1.39 bits per heavy atom. The molecule has 23 heavy (non-hydrogen) atoms. The number of thiophene rings is 1. The number of rotatable bonds is 8. The lowest BCUT2D eigenvalue weighted by molar-refractivity contribution is -0.122. The maximum absolute atomic E-state index is 11.9. The van der Waals surface area contributed by atoms with Crippen LogP contribution in [-0.4, -0.2) is 30.2 Å². The molecular weight excluding hydrogens is 400 g/mol. The molecule has 2 aromatic heterocycles. The molecular formula is C15H17BrN2O3S2. The van der Waals surface area contributed by atoms with Crippen LogP contribution in [0.15, 0.2) is 38.7 Å². The fraction of sp³-hybridized carbons (Fsp3) is 0.333. The zero-order valence-electron chi connectivity index (χ0n) is 12.5. The van der Waals surface area contributed by atoms with Gasteiger partial charge in [0.25, 0.3) is 5.91 Å². The van der Waals surface area contributed by atoms with E-state index in [1.807, 2.05) is 6.07 Å². The number of thioether (sulfide) groups is 1. The lowest BCUT2D eigenvalue weighted by Crippen LogP contribution is -2.45. The minimum absolute atomic E-state index is 0.197. The highest BCUT2D eigenvalue weighted by Gasteiger charge is 2.17. The molecule has 5 nitrogen and oxygen atoms in total. The molecule has 0 unspecified atom stereocenters. The van der Waals surface area contributed by atoms with Gasteiger partial charge in [0.05, 0.1) is 10.0 Å². The van der Waals surface area contributed by atoms with Gasteiger partial charge in [0.15, 0.2) is 5.76 Å². The van der Waals surface area contributed by atoms with Gasteiger partial charge in [-0.15, -0.1) is 11.3 Å². The standard InChI is InChI=1S/C15H17BrN2O3S2/c1-10(18-15(20)12-3-2-7-21-12)14(19)17-6-8-22-9-11-4-5-13(16)23-11/h2-5,7,10H,6,8-9H2,1H3,(H,17,19)(H,18,20)/t10-/m0/s1. The van der Waals surface area contributed by atoms with E-state index in [-0.39, 0.29) is 11.7 Å². The number of carbonyl (C=O) groups excluding carboxylic acids is 2. The Morgan fingerprint density at radius 3 is 2.87 bits per heavy atom. The topological polar surface area (TPSA) is 71.3 Å². The number of carbonyl (C=O) groups is 2. The summed E-state index contributed by atoms with van der Waals surface area (Å²) in [4.78, 5) is 25.0. The second-order valence-corrected chi connectivity index (χ2v) is 8.37. The molecule has 2 amide bonds. The Balaban J connectivity index is 1.61. The summed E-state index contributed by atoms with van der Waals surface area (Å²) in [6, 6.07) is 6.70. The number of amides is 2. The summed E-state index contributed by atoms with van der Waals surface area (Å²) in [5, 5.41) is 5.41. The minimum atomic E-state index is -0.606. The first-order chi connectivity index (χ1) is 11.1. The van der Waals surface area contributed by atoms with Crippen LogP contribution in [0.25, 0.3) is 0 Å². The van der Waals surface area contributed by atoms with Crippen molar-refractivity contribution >= 4 is 50.8 Å². The monoisotopic (exact) mass is 416 g/mol. The van der Waals surface area contributed by atoms with Crippen LogP contribution in [0.5, 0.6) is 0 Å². The lowest BCUT2D eigenvalue weighted by Gasteiger charge is -2.13. The smallest absolute Gasteiger partial charge is 0.287 e. The first-order valence-corrected chi connectivity index (χ1v) is 9.76. The number of halogens is 1. The SMILES string of the molecule is C[C@H](NC(=O)c1ccco1)C(=O)NCCSCc1ccc(Br)s1. The summed E-state index contributed by atoms with van der Waals surface area (Å²) < 4.78 is 6.11. The van der Waals surface area contributed by atoms with Crippen LogP contribution in [0.3, 0.4) is 0 Å². The molecule has 1 atom stereocenters. The average molecular weight is 417 g/mol. The predicted molar refractivity (Wildman–Crippen MR) is 96.8 cm³/mol. The van der Waals surface area contributed by atoms with E-state index >= 15 is 0 Å². The van der Waals surface area contributed by atoms with Gasteiger partial charge in [-0.05, 0) is 47.1 Å². The van der Waals surface area contributed by atoms with E-state index in [4.69, 9.17) is 4.42 Å². The molecule has 0 aliphatic rings. The third-order valence-electron chi connectivity index (χ3n) is 2.90.